The van der Waals surface area contributed by atoms with Gasteiger partial charge in [-0.3, -0.25) is 4.79 Å². The fourth-order valence-corrected chi connectivity index (χ4v) is 2.61. The smallest absolute Gasteiger partial charge is 0.318 e. The van der Waals surface area contributed by atoms with Crippen molar-refractivity contribution in [1.82, 2.24) is 10.3 Å². The summed E-state index contributed by atoms with van der Waals surface area (Å²) < 4.78 is 5.70. The average molecular weight is 399 g/mol. The molecule has 0 bridgehead atoms. The van der Waals surface area contributed by atoms with Crippen molar-refractivity contribution < 1.29 is 14.0 Å². The second kappa shape index (κ2) is 9.05. The summed E-state index contributed by atoms with van der Waals surface area (Å²) in [5.41, 5.74) is 2.04. The number of amides is 3. The first-order chi connectivity index (χ1) is 13.5. The molecule has 1 heterocycles. The summed E-state index contributed by atoms with van der Waals surface area (Å²) >= 11 is 5.88. The van der Waals surface area contributed by atoms with Crippen LogP contribution in [-0.4, -0.2) is 24.0 Å². The summed E-state index contributed by atoms with van der Waals surface area (Å²) in [4.78, 5) is 27.8. The van der Waals surface area contributed by atoms with Crippen LogP contribution in [0, 0.1) is 0 Å². The molecule has 3 aromatic rings. The molecule has 8 heteroatoms. The molecule has 0 aliphatic rings. The molecule has 144 valence electrons. The number of rotatable bonds is 6. The molecule has 3 N–H and O–H groups in total. The van der Waals surface area contributed by atoms with Crippen molar-refractivity contribution in [3.8, 4) is 11.3 Å². The maximum Gasteiger partial charge on any atom is 0.318 e. The Morgan fingerprint density at radius 2 is 1.79 bits per heavy atom. The predicted octanol–water partition coefficient (Wildman–Crippen LogP) is 4.32. The maximum atomic E-state index is 12.2. The SMILES string of the molecule is CNC(=O)Nc1cccc(NC(=O)CCc2ncc(-c3ccc(Cl)cc3)o2)c1. The maximum absolute atomic E-state index is 12.2. The molecular weight excluding hydrogens is 380 g/mol. The summed E-state index contributed by atoms with van der Waals surface area (Å²) in [6.45, 7) is 0. The van der Waals surface area contributed by atoms with Crippen LogP contribution in [0.25, 0.3) is 11.3 Å². The molecule has 3 amide bonds. The van der Waals surface area contributed by atoms with E-state index in [1.165, 1.54) is 7.05 Å². The van der Waals surface area contributed by atoms with Gasteiger partial charge >= 0.3 is 6.03 Å². The predicted molar refractivity (Wildman–Crippen MR) is 108 cm³/mol. The first-order valence-corrected chi connectivity index (χ1v) is 9.00. The van der Waals surface area contributed by atoms with Gasteiger partial charge in [-0.25, -0.2) is 9.78 Å². The number of nitrogens with one attached hydrogen (secondary N) is 3. The van der Waals surface area contributed by atoms with Crippen LogP contribution in [0.4, 0.5) is 16.2 Å². The van der Waals surface area contributed by atoms with Gasteiger partial charge in [0, 0.05) is 41.9 Å². The van der Waals surface area contributed by atoms with Gasteiger partial charge in [-0.1, -0.05) is 17.7 Å². The minimum Gasteiger partial charge on any atom is -0.441 e. The van der Waals surface area contributed by atoms with Gasteiger partial charge in [-0.15, -0.1) is 0 Å². The van der Waals surface area contributed by atoms with Crippen LogP contribution in [0.1, 0.15) is 12.3 Å². The Morgan fingerprint density at radius 1 is 1.07 bits per heavy atom. The molecule has 0 unspecified atom stereocenters. The Balaban J connectivity index is 1.54. The third-order valence-electron chi connectivity index (χ3n) is 3.88. The number of carbonyl (C=O) groups excluding carboxylic acids is 2. The molecule has 2 aromatic carbocycles. The quantitative estimate of drug-likeness (QED) is 0.576. The molecule has 0 atom stereocenters. The highest BCUT2D eigenvalue weighted by Gasteiger charge is 2.10. The summed E-state index contributed by atoms with van der Waals surface area (Å²) in [6, 6.07) is 13.8. The van der Waals surface area contributed by atoms with E-state index in [0.717, 1.165) is 5.56 Å². The minimum atomic E-state index is -0.330. The van der Waals surface area contributed by atoms with Gasteiger partial charge in [-0.05, 0) is 42.5 Å². The lowest BCUT2D eigenvalue weighted by Gasteiger charge is -2.08. The standard InChI is InChI=1S/C20H19ClN4O3/c1-22-20(27)25-16-4-2-3-15(11-16)24-18(26)9-10-19-23-12-17(28-19)13-5-7-14(21)8-6-13/h2-8,11-12H,9-10H2,1H3,(H,24,26)(H2,22,25,27). The monoisotopic (exact) mass is 398 g/mol. The van der Waals surface area contributed by atoms with Crippen molar-refractivity contribution in [3.63, 3.8) is 0 Å². The molecule has 0 fully saturated rings. The van der Waals surface area contributed by atoms with Crippen LogP contribution in [0.15, 0.2) is 59.1 Å². The van der Waals surface area contributed by atoms with Crippen LogP contribution in [0.3, 0.4) is 0 Å². The first-order valence-electron chi connectivity index (χ1n) is 8.63. The van der Waals surface area contributed by atoms with Crippen molar-refractivity contribution in [3.05, 3.63) is 65.6 Å². The number of carbonyl (C=O) groups is 2. The highest BCUT2D eigenvalue weighted by molar-refractivity contribution is 6.30. The Kier molecular flexibility index (Phi) is 6.29. The zero-order valence-corrected chi connectivity index (χ0v) is 15.9. The number of oxazole rings is 1. The molecule has 0 radical (unpaired) electrons. The summed E-state index contributed by atoms with van der Waals surface area (Å²) in [6.07, 6.45) is 2.22. The van der Waals surface area contributed by atoms with E-state index in [4.69, 9.17) is 16.0 Å². The topological polar surface area (TPSA) is 96.3 Å². The van der Waals surface area contributed by atoms with Crippen molar-refractivity contribution in [2.24, 2.45) is 0 Å². The highest BCUT2D eigenvalue weighted by atomic mass is 35.5. The normalized spacial score (nSPS) is 10.4. The molecule has 0 aliphatic heterocycles. The molecule has 0 saturated carbocycles. The van der Waals surface area contributed by atoms with Gasteiger partial charge in [0.1, 0.15) is 0 Å². The minimum absolute atomic E-state index is 0.177. The second-order valence-electron chi connectivity index (χ2n) is 5.96. The summed E-state index contributed by atoms with van der Waals surface area (Å²) in [5, 5.41) is 8.56. The van der Waals surface area contributed by atoms with Crippen LogP contribution in [-0.2, 0) is 11.2 Å². The Morgan fingerprint density at radius 3 is 2.50 bits per heavy atom. The lowest BCUT2D eigenvalue weighted by atomic mass is 10.2. The number of anilines is 2. The Labute approximate surface area is 167 Å². The van der Waals surface area contributed by atoms with Crippen LogP contribution in [0.5, 0.6) is 0 Å². The summed E-state index contributed by atoms with van der Waals surface area (Å²) in [7, 11) is 1.53. The van der Waals surface area contributed by atoms with Crippen molar-refractivity contribution in [2.45, 2.75) is 12.8 Å². The lowest BCUT2D eigenvalue weighted by molar-refractivity contribution is -0.116. The number of urea groups is 1. The third-order valence-corrected chi connectivity index (χ3v) is 4.13. The molecular formula is C20H19ClN4O3. The van der Waals surface area contributed by atoms with E-state index in [1.54, 1.807) is 42.6 Å². The largest absolute Gasteiger partial charge is 0.441 e. The molecule has 7 nitrogen and oxygen atoms in total. The highest BCUT2D eigenvalue weighted by Crippen LogP contribution is 2.23. The van der Waals surface area contributed by atoms with E-state index >= 15 is 0 Å². The van der Waals surface area contributed by atoms with E-state index in [0.29, 0.717) is 34.5 Å². The number of hydrogen-bond donors (Lipinski definition) is 3. The molecule has 0 aliphatic carbocycles. The van der Waals surface area contributed by atoms with Crippen LogP contribution >= 0.6 is 11.6 Å². The number of hydrogen-bond acceptors (Lipinski definition) is 4. The number of aromatic nitrogens is 1. The number of benzene rings is 2. The lowest BCUT2D eigenvalue weighted by Crippen LogP contribution is -2.24. The van der Waals surface area contributed by atoms with Crippen LogP contribution in [0.2, 0.25) is 5.02 Å². The van der Waals surface area contributed by atoms with Gasteiger partial charge < -0.3 is 20.4 Å². The van der Waals surface area contributed by atoms with Gasteiger partial charge in [0.05, 0.1) is 6.20 Å². The van der Waals surface area contributed by atoms with Gasteiger partial charge in [0.15, 0.2) is 11.7 Å². The molecule has 3 rings (SSSR count). The Hall–Kier alpha value is -3.32. The van der Waals surface area contributed by atoms with Crippen molar-refractivity contribution in [2.75, 3.05) is 17.7 Å². The zero-order valence-electron chi connectivity index (χ0n) is 15.2. The third kappa shape index (κ3) is 5.34. The van der Waals surface area contributed by atoms with E-state index in [-0.39, 0.29) is 18.4 Å². The van der Waals surface area contributed by atoms with Gasteiger partial charge in [-0.2, -0.15) is 0 Å². The molecule has 0 spiro atoms. The first kappa shape index (κ1) is 19.4. The summed E-state index contributed by atoms with van der Waals surface area (Å²) in [5.74, 6) is 0.929. The van der Waals surface area contributed by atoms with E-state index in [1.807, 2.05) is 12.1 Å². The number of halogens is 1. The second-order valence-corrected chi connectivity index (χ2v) is 6.39. The molecule has 1 aromatic heterocycles. The fourth-order valence-electron chi connectivity index (χ4n) is 2.49. The van der Waals surface area contributed by atoms with Gasteiger partial charge in [0.2, 0.25) is 5.91 Å². The Bertz CT molecular complexity index is 970. The van der Waals surface area contributed by atoms with Crippen molar-refractivity contribution in [1.29, 1.82) is 0 Å². The number of nitrogens with zero attached hydrogens (tertiary/aromatic N) is 1. The molecule has 28 heavy (non-hydrogen) atoms. The molecule has 0 saturated heterocycles. The fraction of sp³-hybridized carbons (Fsp3) is 0.150. The van der Waals surface area contributed by atoms with Crippen molar-refractivity contribution >= 4 is 34.9 Å². The number of aryl methyl sites for hydroxylation is 1. The van der Waals surface area contributed by atoms with Gasteiger partial charge in [0.25, 0.3) is 0 Å². The van der Waals surface area contributed by atoms with E-state index in [9.17, 15) is 9.59 Å². The average Bonchev–Trinajstić information content (AvgIpc) is 3.16. The van der Waals surface area contributed by atoms with E-state index < -0.39 is 0 Å². The zero-order chi connectivity index (χ0) is 19.9. The van der Waals surface area contributed by atoms with Crippen LogP contribution < -0.4 is 16.0 Å². The van der Waals surface area contributed by atoms with E-state index in [2.05, 4.69) is 20.9 Å².